The van der Waals surface area contributed by atoms with Crippen LogP contribution in [-0.2, 0) is 21.4 Å². The fraction of sp³-hybridized carbons (Fsp3) is 0.0909. The molecule has 3 aromatic rings. The second-order valence-electron chi connectivity index (χ2n) is 6.51. The number of sulfonamides is 1. The molecule has 0 unspecified atom stereocenters. The molecule has 3 rings (SSSR count). The summed E-state index contributed by atoms with van der Waals surface area (Å²) in [5.74, 6) is -0.593. The average Bonchev–Trinajstić information content (AvgIpc) is 2.77. The minimum Gasteiger partial charge on any atom is -0.272 e. The third-order valence-corrected chi connectivity index (χ3v) is 6.92. The van der Waals surface area contributed by atoms with Gasteiger partial charge in [0.25, 0.3) is 5.91 Å². The zero-order chi connectivity index (χ0) is 22.3. The number of nitrogens with one attached hydrogen (secondary N) is 1. The predicted octanol–water partition coefficient (Wildman–Crippen LogP) is 4.33. The number of rotatable bonds is 8. The molecule has 0 atom stereocenters. The van der Waals surface area contributed by atoms with E-state index in [4.69, 9.17) is 23.2 Å². The van der Waals surface area contributed by atoms with Crippen LogP contribution in [0.25, 0.3) is 0 Å². The fourth-order valence-corrected chi connectivity index (χ4v) is 4.51. The van der Waals surface area contributed by atoms with Crippen molar-refractivity contribution in [2.24, 2.45) is 5.10 Å². The predicted molar refractivity (Wildman–Crippen MR) is 123 cm³/mol. The first-order valence-electron chi connectivity index (χ1n) is 9.23. The molecule has 0 aromatic heterocycles. The molecule has 0 radical (unpaired) electrons. The van der Waals surface area contributed by atoms with Crippen molar-refractivity contribution >= 4 is 45.3 Å². The van der Waals surface area contributed by atoms with E-state index in [0.29, 0.717) is 15.6 Å². The van der Waals surface area contributed by atoms with Crippen LogP contribution in [0.1, 0.15) is 11.1 Å². The number of carbonyl (C=O) groups excluding carboxylic acids is 1. The third-order valence-electron chi connectivity index (χ3n) is 4.28. The van der Waals surface area contributed by atoms with Gasteiger partial charge in [0.15, 0.2) is 0 Å². The van der Waals surface area contributed by atoms with Gasteiger partial charge in [0.2, 0.25) is 10.0 Å². The molecule has 0 spiro atoms. The first kappa shape index (κ1) is 23.0. The van der Waals surface area contributed by atoms with E-state index in [2.05, 4.69) is 10.5 Å². The van der Waals surface area contributed by atoms with Gasteiger partial charge in [-0.2, -0.15) is 9.41 Å². The van der Waals surface area contributed by atoms with Crippen molar-refractivity contribution in [3.8, 4) is 0 Å². The average molecular weight is 476 g/mol. The molecule has 0 aliphatic rings. The van der Waals surface area contributed by atoms with Crippen LogP contribution in [0, 0.1) is 0 Å². The van der Waals surface area contributed by atoms with Crippen LogP contribution in [0.15, 0.2) is 88.9 Å². The lowest BCUT2D eigenvalue weighted by molar-refractivity contribution is -0.121. The molecular formula is C22H19Cl2N3O3S. The lowest BCUT2D eigenvalue weighted by Gasteiger charge is -2.21. The summed E-state index contributed by atoms with van der Waals surface area (Å²) in [5.41, 5.74) is 3.61. The van der Waals surface area contributed by atoms with E-state index in [-0.39, 0.29) is 11.4 Å². The van der Waals surface area contributed by atoms with E-state index in [9.17, 15) is 13.2 Å². The summed E-state index contributed by atoms with van der Waals surface area (Å²) in [6.07, 6.45) is 1.35. The Morgan fingerprint density at radius 1 is 0.935 bits per heavy atom. The summed E-state index contributed by atoms with van der Waals surface area (Å²) in [6, 6.07) is 22.0. The number of amides is 1. The molecule has 160 valence electrons. The van der Waals surface area contributed by atoms with Gasteiger partial charge in [-0.15, -0.1) is 0 Å². The van der Waals surface area contributed by atoms with Crippen molar-refractivity contribution < 1.29 is 13.2 Å². The summed E-state index contributed by atoms with van der Waals surface area (Å²) in [4.78, 5) is 12.6. The minimum absolute atomic E-state index is 0.0370. The largest absolute Gasteiger partial charge is 0.272 e. The Balaban J connectivity index is 1.77. The van der Waals surface area contributed by atoms with Crippen molar-refractivity contribution in [2.75, 3.05) is 6.54 Å². The monoisotopic (exact) mass is 475 g/mol. The molecule has 0 bridgehead atoms. The topological polar surface area (TPSA) is 78.8 Å². The molecule has 31 heavy (non-hydrogen) atoms. The molecule has 0 aliphatic heterocycles. The molecule has 0 saturated heterocycles. The van der Waals surface area contributed by atoms with Crippen LogP contribution in [0.2, 0.25) is 10.0 Å². The van der Waals surface area contributed by atoms with Gasteiger partial charge >= 0.3 is 0 Å². The lowest BCUT2D eigenvalue weighted by Crippen LogP contribution is -2.39. The number of carbonyl (C=O) groups is 1. The van der Waals surface area contributed by atoms with Gasteiger partial charge in [-0.3, -0.25) is 4.79 Å². The first-order valence-corrected chi connectivity index (χ1v) is 11.4. The molecule has 6 nitrogen and oxygen atoms in total. The fourth-order valence-electron chi connectivity index (χ4n) is 2.74. The van der Waals surface area contributed by atoms with Gasteiger partial charge in [-0.25, -0.2) is 13.8 Å². The molecule has 1 N–H and O–H groups in total. The van der Waals surface area contributed by atoms with Crippen LogP contribution in [0.4, 0.5) is 0 Å². The number of hydrogen-bond acceptors (Lipinski definition) is 4. The van der Waals surface area contributed by atoms with E-state index in [0.717, 1.165) is 9.87 Å². The highest BCUT2D eigenvalue weighted by Gasteiger charge is 2.26. The van der Waals surface area contributed by atoms with Gasteiger partial charge in [0.05, 0.1) is 27.7 Å². The maximum absolute atomic E-state index is 13.1. The zero-order valence-corrected chi connectivity index (χ0v) is 18.6. The number of hydrazone groups is 1. The Morgan fingerprint density at radius 2 is 1.58 bits per heavy atom. The molecule has 0 aliphatic carbocycles. The maximum Gasteiger partial charge on any atom is 0.255 e. The van der Waals surface area contributed by atoms with Gasteiger partial charge < -0.3 is 0 Å². The molecular weight excluding hydrogens is 457 g/mol. The normalized spacial score (nSPS) is 11.7. The second-order valence-corrected chi connectivity index (χ2v) is 9.23. The van der Waals surface area contributed by atoms with Crippen molar-refractivity contribution in [3.63, 3.8) is 0 Å². The van der Waals surface area contributed by atoms with Crippen molar-refractivity contribution in [3.05, 3.63) is 100 Å². The highest BCUT2D eigenvalue weighted by atomic mass is 35.5. The number of nitrogens with zero attached hydrogens (tertiary/aromatic N) is 2. The van der Waals surface area contributed by atoms with Gasteiger partial charge in [0.1, 0.15) is 0 Å². The van der Waals surface area contributed by atoms with E-state index in [1.165, 1.54) is 18.3 Å². The molecule has 3 aromatic carbocycles. The number of hydrogen-bond donors (Lipinski definition) is 1. The quantitative estimate of drug-likeness (QED) is 0.388. The van der Waals surface area contributed by atoms with Crippen LogP contribution in [-0.4, -0.2) is 31.4 Å². The zero-order valence-electron chi connectivity index (χ0n) is 16.3. The summed E-state index contributed by atoms with van der Waals surface area (Å²) >= 11 is 12.0. The second kappa shape index (κ2) is 10.5. The Kier molecular flexibility index (Phi) is 7.81. The Hall–Kier alpha value is -2.71. The van der Waals surface area contributed by atoms with E-state index >= 15 is 0 Å². The highest BCUT2D eigenvalue weighted by molar-refractivity contribution is 7.89. The van der Waals surface area contributed by atoms with Crippen LogP contribution in [0.3, 0.4) is 0 Å². The maximum atomic E-state index is 13.1. The van der Waals surface area contributed by atoms with E-state index in [1.807, 2.05) is 18.2 Å². The smallest absolute Gasteiger partial charge is 0.255 e. The highest BCUT2D eigenvalue weighted by Crippen LogP contribution is 2.24. The molecule has 0 fully saturated rings. The van der Waals surface area contributed by atoms with Crippen LogP contribution < -0.4 is 5.43 Å². The summed E-state index contributed by atoms with van der Waals surface area (Å²) < 4.78 is 27.4. The van der Waals surface area contributed by atoms with Gasteiger partial charge in [-0.05, 0) is 23.8 Å². The SMILES string of the molecule is O=C(CN(Cc1ccccc1)S(=O)(=O)c1ccccc1)N/N=C\c1cccc(Cl)c1Cl. The summed E-state index contributed by atoms with van der Waals surface area (Å²) in [6.45, 7) is -0.373. The molecule has 9 heteroatoms. The number of benzene rings is 3. The third kappa shape index (κ3) is 6.15. The van der Waals surface area contributed by atoms with Crippen molar-refractivity contribution in [1.82, 2.24) is 9.73 Å². The number of halogens is 2. The van der Waals surface area contributed by atoms with E-state index < -0.39 is 22.5 Å². The summed E-state index contributed by atoms with van der Waals surface area (Å²) in [5, 5.41) is 4.54. The first-order chi connectivity index (χ1) is 14.9. The van der Waals surface area contributed by atoms with Crippen molar-refractivity contribution in [2.45, 2.75) is 11.4 Å². The van der Waals surface area contributed by atoms with Gasteiger partial charge in [0, 0.05) is 12.1 Å². The standard InChI is InChI=1S/C22H19Cl2N3O3S/c23-20-13-7-10-18(22(20)24)14-25-26-21(28)16-27(15-17-8-3-1-4-9-17)31(29,30)19-11-5-2-6-12-19/h1-14H,15-16H2,(H,26,28)/b25-14-. The summed E-state index contributed by atoms with van der Waals surface area (Å²) in [7, 11) is -3.90. The van der Waals surface area contributed by atoms with Crippen LogP contribution in [0.5, 0.6) is 0 Å². The Bertz CT molecular complexity index is 1170. The van der Waals surface area contributed by atoms with Crippen molar-refractivity contribution in [1.29, 1.82) is 0 Å². The van der Waals surface area contributed by atoms with E-state index in [1.54, 1.807) is 48.5 Å². The Morgan fingerprint density at radius 3 is 2.26 bits per heavy atom. The Labute approximate surface area is 191 Å². The minimum atomic E-state index is -3.90. The molecule has 1 amide bonds. The van der Waals surface area contributed by atoms with Crippen LogP contribution >= 0.6 is 23.2 Å². The van der Waals surface area contributed by atoms with Gasteiger partial charge in [-0.1, -0.05) is 83.9 Å². The molecule has 0 saturated carbocycles. The lowest BCUT2D eigenvalue weighted by atomic mass is 10.2. The molecule has 0 heterocycles.